The maximum Gasteiger partial charge on any atom is 0.280 e. The van der Waals surface area contributed by atoms with Crippen molar-refractivity contribution in [1.82, 2.24) is 0 Å². The molecule has 3 aromatic rings. The quantitative estimate of drug-likeness (QED) is 0.342. The predicted octanol–water partition coefficient (Wildman–Crippen LogP) is 6.47. The van der Waals surface area contributed by atoms with Crippen LogP contribution in [-0.2, 0) is 11.4 Å². The summed E-state index contributed by atoms with van der Waals surface area (Å²) in [5, 5.41) is 15.1. The second-order valence-electron chi connectivity index (χ2n) is 7.07. The maximum absolute atomic E-state index is 12.9. The van der Waals surface area contributed by atoms with Crippen molar-refractivity contribution in [2.75, 3.05) is 5.01 Å². The number of hydrogen-bond acceptors (Lipinski definition) is 4. The maximum atomic E-state index is 12.9. The molecule has 3 aromatic carbocycles. The highest BCUT2D eigenvalue weighted by Crippen LogP contribution is 2.36. The monoisotopic (exact) mass is 549 g/mol. The molecule has 0 saturated carbocycles. The molecule has 1 aliphatic rings. The molecule has 0 aromatic heterocycles. The first kappa shape index (κ1) is 22.0. The second-order valence-corrected chi connectivity index (χ2v) is 8.78. The van der Waals surface area contributed by atoms with Crippen molar-refractivity contribution in [3.63, 3.8) is 0 Å². The number of hydrogen-bond donors (Lipinski definition) is 0. The van der Waals surface area contributed by atoms with Crippen LogP contribution in [0.25, 0.3) is 6.08 Å². The summed E-state index contributed by atoms with van der Waals surface area (Å²) >= 11 is 7.12. The van der Waals surface area contributed by atoms with Crippen LogP contribution < -0.4 is 9.75 Å². The number of halogens is 2. The second kappa shape index (κ2) is 9.51. The van der Waals surface area contributed by atoms with Crippen LogP contribution in [0.5, 0.6) is 5.75 Å². The van der Waals surface area contributed by atoms with Gasteiger partial charge in [0.15, 0.2) is 0 Å². The summed E-state index contributed by atoms with van der Waals surface area (Å²) in [5.74, 6) is 0.448. The Bertz CT molecular complexity index is 1270. The number of amides is 1. The van der Waals surface area contributed by atoms with E-state index < -0.39 is 0 Å². The Labute approximate surface area is 202 Å². The van der Waals surface area contributed by atoms with Gasteiger partial charge in [-0.25, -0.2) is 0 Å². The zero-order chi connectivity index (χ0) is 22.7. The Morgan fingerprint density at radius 2 is 1.72 bits per heavy atom. The van der Waals surface area contributed by atoms with Crippen LogP contribution in [-0.4, -0.2) is 11.6 Å². The molecule has 0 N–H and O–H groups in total. The van der Waals surface area contributed by atoms with E-state index in [1.807, 2.05) is 73.7 Å². The first-order chi connectivity index (χ1) is 15.5. The minimum Gasteiger partial charge on any atom is -0.486 e. The SMILES string of the molecule is CC1=NN(c2ccccc2)C(=O)/C1=C/c1cc(Br)c(OCc2ccccc2C#N)c(Br)c1. The summed E-state index contributed by atoms with van der Waals surface area (Å²) in [5.41, 5.74) is 4.12. The van der Waals surface area contributed by atoms with Crippen molar-refractivity contribution in [3.05, 3.63) is 97.9 Å². The van der Waals surface area contributed by atoms with Crippen LogP contribution >= 0.6 is 31.9 Å². The number of carbonyl (C=O) groups is 1. The summed E-state index contributed by atoms with van der Waals surface area (Å²) in [6.45, 7) is 2.08. The smallest absolute Gasteiger partial charge is 0.280 e. The van der Waals surface area contributed by atoms with Crippen LogP contribution in [0, 0.1) is 11.3 Å². The van der Waals surface area contributed by atoms with Crippen LogP contribution in [0.1, 0.15) is 23.6 Å². The third-order valence-corrected chi connectivity index (χ3v) is 6.08. The average Bonchev–Trinajstić information content (AvgIpc) is 3.07. The van der Waals surface area contributed by atoms with Crippen LogP contribution in [0.2, 0.25) is 0 Å². The van der Waals surface area contributed by atoms with Crippen LogP contribution in [0.4, 0.5) is 5.69 Å². The van der Waals surface area contributed by atoms with E-state index in [-0.39, 0.29) is 12.5 Å². The number of para-hydroxylation sites is 1. The Hall–Kier alpha value is -3.21. The molecule has 158 valence electrons. The summed E-state index contributed by atoms with van der Waals surface area (Å²) in [6, 6.07) is 22.6. The lowest BCUT2D eigenvalue weighted by atomic mass is 10.1. The highest BCUT2D eigenvalue weighted by Gasteiger charge is 2.28. The molecule has 0 aliphatic carbocycles. The van der Waals surface area contributed by atoms with Gasteiger partial charge < -0.3 is 4.74 Å². The molecular weight excluding hydrogens is 534 g/mol. The van der Waals surface area contributed by atoms with E-state index in [9.17, 15) is 10.1 Å². The molecule has 0 fully saturated rings. The topological polar surface area (TPSA) is 65.7 Å². The molecule has 7 heteroatoms. The average molecular weight is 551 g/mol. The molecule has 0 spiro atoms. The number of hydrazone groups is 1. The molecule has 4 rings (SSSR count). The summed E-state index contributed by atoms with van der Waals surface area (Å²) in [7, 11) is 0. The zero-order valence-electron chi connectivity index (χ0n) is 17.0. The molecular formula is C25H17Br2N3O2. The van der Waals surface area contributed by atoms with E-state index in [1.54, 1.807) is 6.07 Å². The number of rotatable bonds is 5. The molecule has 0 saturated heterocycles. The van der Waals surface area contributed by atoms with Gasteiger partial charge in [-0.2, -0.15) is 15.4 Å². The van der Waals surface area contributed by atoms with Gasteiger partial charge in [-0.3, -0.25) is 4.79 Å². The number of carbonyl (C=O) groups excluding carboxylic acids is 1. The van der Waals surface area contributed by atoms with Crippen LogP contribution in [0.15, 0.2) is 86.3 Å². The number of anilines is 1. The first-order valence-corrected chi connectivity index (χ1v) is 11.3. The Morgan fingerprint density at radius 3 is 2.41 bits per heavy atom. The molecule has 0 bridgehead atoms. The van der Waals surface area contributed by atoms with Gasteiger partial charge >= 0.3 is 0 Å². The number of nitrogens with zero attached hydrogens (tertiary/aromatic N) is 3. The van der Waals surface area contributed by atoms with Gasteiger partial charge in [0.2, 0.25) is 0 Å². The van der Waals surface area contributed by atoms with E-state index >= 15 is 0 Å². The summed E-state index contributed by atoms with van der Waals surface area (Å²) < 4.78 is 7.43. The molecule has 0 radical (unpaired) electrons. The van der Waals surface area contributed by atoms with E-state index in [4.69, 9.17) is 4.74 Å². The highest BCUT2D eigenvalue weighted by atomic mass is 79.9. The normalized spacial score (nSPS) is 14.4. The van der Waals surface area contributed by atoms with Gasteiger partial charge in [0.1, 0.15) is 12.4 Å². The zero-order valence-corrected chi connectivity index (χ0v) is 20.2. The fourth-order valence-electron chi connectivity index (χ4n) is 3.30. The number of ether oxygens (including phenoxy) is 1. The number of benzene rings is 3. The van der Waals surface area contributed by atoms with Gasteiger partial charge in [0.05, 0.1) is 37.6 Å². The van der Waals surface area contributed by atoms with Crippen molar-refractivity contribution < 1.29 is 9.53 Å². The molecule has 1 heterocycles. The third-order valence-electron chi connectivity index (χ3n) is 4.90. The molecule has 5 nitrogen and oxygen atoms in total. The Morgan fingerprint density at radius 1 is 1.06 bits per heavy atom. The van der Waals surface area contributed by atoms with Gasteiger partial charge in [-0.15, -0.1) is 0 Å². The predicted molar refractivity (Wildman–Crippen MR) is 132 cm³/mol. The lowest BCUT2D eigenvalue weighted by Gasteiger charge is -2.13. The van der Waals surface area contributed by atoms with Crippen molar-refractivity contribution in [1.29, 1.82) is 5.26 Å². The Kier molecular flexibility index (Phi) is 6.54. The van der Waals surface area contributed by atoms with E-state index in [0.717, 1.165) is 25.8 Å². The first-order valence-electron chi connectivity index (χ1n) is 9.74. The molecule has 0 atom stereocenters. The highest BCUT2D eigenvalue weighted by molar-refractivity contribution is 9.11. The third kappa shape index (κ3) is 4.52. The minimum atomic E-state index is -0.172. The minimum absolute atomic E-state index is 0.172. The van der Waals surface area contributed by atoms with E-state index in [2.05, 4.69) is 43.0 Å². The number of nitriles is 1. The molecule has 1 amide bonds. The fraction of sp³-hybridized carbons (Fsp3) is 0.0800. The molecule has 0 unspecified atom stereocenters. The fourth-order valence-corrected chi connectivity index (χ4v) is 4.75. The van der Waals surface area contributed by atoms with E-state index in [0.29, 0.717) is 22.6 Å². The summed E-state index contributed by atoms with van der Waals surface area (Å²) in [4.78, 5) is 12.9. The van der Waals surface area contributed by atoms with Gasteiger partial charge in [-0.05, 0) is 80.8 Å². The summed E-state index contributed by atoms with van der Waals surface area (Å²) in [6.07, 6.45) is 1.81. The van der Waals surface area contributed by atoms with Crippen molar-refractivity contribution >= 4 is 55.2 Å². The van der Waals surface area contributed by atoms with E-state index in [1.165, 1.54) is 5.01 Å². The van der Waals surface area contributed by atoms with Crippen LogP contribution in [0.3, 0.4) is 0 Å². The molecule has 32 heavy (non-hydrogen) atoms. The Balaban J connectivity index is 1.57. The van der Waals surface area contributed by atoms with Crippen molar-refractivity contribution in [2.24, 2.45) is 5.10 Å². The van der Waals surface area contributed by atoms with Crippen molar-refractivity contribution in [3.8, 4) is 11.8 Å². The lowest BCUT2D eigenvalue weighted by molar-refractivity contribution is -0.114. The standard InChI is InChI=1S/C25H17Br2N3O2/c1-16-21(25(31)30(29-16)20-9-3-2-4-10-20)11-17-12-22(26)24(23(27)13-17)32-15-19-8-6-5-7-18(19)14-28/h2-13H,15H2,1H3/b21-11+. The lowest BCUT2D eigenvalue weighted by Crippen LogP contribution is -2.21. The molecule has 1 aliphatic heterocycles. The van der Waals surface area contributed by atoms with Crippen molar-refractivity contribution in [2.45, 2.75) is 13.5 Å². The van der Waals surface area contributed by atoms with Gasteiger partial charge in [0, 0.05) is 5.56 Å². The largest absolute Gasteiger partial charge is 0.486 e. The van der Waals surface area contributed by atoms with Gasteiger partial charge in [0.25, 0.3) is 5.91 Å². The van der Waals surface area contributed by atoms with Gasteiger partial charge in [-0.1, -0.05) is 36.4 Å².